The predicted octanol–water partition coefficient (Wildman–Crippen LogP) is 5.82. The van der Waals surface area contributed by atoms with Crippen molar-refractivity contribution in [2.75, 3.05) is 25.1 Å². The summed E-state index contributed by atoms with van der Waals surface area (Å²) in [6.07, 6.45) is 4.63. The van der Waals surface area contributed by atoms with Gasteiger partial charge in [-0.3, -0.25) is 43.3 Å². The predicted molar refractivity (Wildman–Crippen MR) is 243 cm³/mol. The largest absolute Gasteiger partial charge is 0.480 e. The average Bonchev–Trinajstić information content (AvgIpc) is 3.90. The summed E-state index contributed by atoms with van der Waals surface area (Å²) in [5, 5.41) is 3.11. The van der Waals surface area contributed by atoms with E-state index in [1.54, 1.807) is 55.4 Å². The van der Waals surface area contributed by atoms with Crippen molar-refractivity contribution >= 4 is 63.6 Å². The lowest BCUT2D eigenvalue weighted by Gasteiger charge is -2.30. The molecule has 0 radical (unpaired) electrons. The summed E-state index contributed by atoms with van der Waals surface area (Å²) >= 11 is 12.7. The zero-order chi connectivity index (χ0) is 46.0. The van der Waals surface area contributed by atoms with Gasteiger partial charge in [0.2, 0.25) is 17.7 Å². The van der Waals surface area contributed by atoms with Crippen molar-refractivity contribution in [3.63, 3.8) is 0 Å². The van der Waals surface area contributed by atoms with Gasteiger partial charge in [-0.05, 0) is 81.1 Å². The van der Waals surface area contributed by atoms with Crippen molar-refractivity contribution in [1.82, 2.24) is 38.5 Å². The van der Waals surface area contributed by atoms with Crippen LogP contribution in [-0.2, 0) is 23.7 Å². The first kappa shape index (κ1) is 43.3. The van der Waals surface area contributed by atoms with E-state index in [0.29, 0.717) is 75.8 Å². The second-order valence-corrected chi connectivity index (χ2v) is 17.6. The van der Waals surface area contributed by atoms with Crippen molar-refractivity contribution in [3.8, 4) is 29.1 Å². The first-order valence-electron chi connectivity index (χ1n) is 21.1. The second-order valence-electron chi connectivity index (χ2n) is 16.7. The number of ether oxygens (including phenoxy) is 1. The number of halogens is 2. The van der Waals surface area contributed by atoms with Crippen LogP contribution >= 0.6 is 23.2 Å². The summed E-state index contributed by atoms with van der Waals surface area (Å²) in [4.78, 5) is 92.5. The fourth-order valence-electron chi connectivity index (χ4n) is 9.12. The van der Waals surface area contributed by atoms with E-state index in [4.69, 9.17) is 32.9 Å². The molecule has 7 heterocycles. The van der Waals surface area contributed by atoms with Gasteiger partial charge in [0.05, 0.1) is 40.0 Å². The van der Waals surface area contributed by atoms with E-state index < -0.39 is 29.5 Å². The Bertz CT molecular complexity index is 3170. The highest BCUT2D eigenvalue weighted by atomic mass is 35.5. The van der Waals surface area contributed by atoms with Crippen LogP contribution in [0.1, 0.15) is 95.3 Å². The standard InChI is InChI=1S/C47H43Cl2N9O7/c1-25(2)56-40-38(46(63)58(36-22-31(49)24-53(3)45(36)62)39(40)28-9-11-30(48)12-10-28)52-41(56)32-21-29(23-50-43(32)65-5)44(61)55-18-16-26(17-19-55)6-7-27-8-13-33-35(20-27)54(4)47(64)57(33)34-14-15-37(59)51-42(34)60/h8-13,20-26,34,39H,14-19H2,1-5H3,(H,51,59,60)/t34?,39-/m0/s1. The minimum absolute atomic E-state index is 0.00916. The molecule has 16 nitrogen and oxygen atoms in total. The van der Waals surface area contributed by atoms with E-state index in [2.05, 4.69) is 22.1 Å². The molecule has 65 heavy (non-hydrogen) atoms. The Labute approximate surface area is 382 Å². The van der Waals surface area contributed by atoms with Crippen molar-refractivity contribution < 1.29 is 23.9 Å². The van der Waals surface area contributed by atoms with Crippen LogP contribution in [0.5, 0.6) is 5.88 Å². The lowest BCUT2D eigenvalue weighted by Crippen LogP contribution is -2.44. The van der Waals surface area contributed by atoms with Crippen LogP contribution in [0.15, 0.2) is 76.6 Å². The number of piperidine rings is 2. The maximum absolute atomic E-state index is 14.6. The Morgan fingerprint density at radius 2 is 1.66 bits per heavy atom. The molecule has 0 spiro atoms. The average molecular weight is 917 g/mol. The van der Waals surface area contributed by atoms with Gasteiger partial charge in [-0.1, -0.05) is 47.2 Å². The minimum Gasteiger partial charge on any atom is -0.480 e. The number of fused-ring (bicyclic) bond motifs is 2. The molecule has 0 saturated carbocycles. The molecule has 3 aliphatic heterocycles. The molecule has 1 unspecified atom stereocenters. The number of pyridine rings is 2. The van der Waals surface area contributed by atoms with Crippen molar-refractivity contribution in [1.29, 1.82) is 0 Å². The van der Waals surface area contributed by atoms with Crippen LogP contribution in [0.25, 0.3) is 22.4 Å². The fourth-order valence-corrected chi connectivity index (χ4v) is 9.49. The Hall–Kier alpha value is -6.96. The molecular formula is C47H43Cl2N9O7. The van der Waals surface area contributed by atoms with E-state index >= 15 is 0 Å². The molecule has 332 valence electrons. The molecule has 0 bridgehead atoms. The van der Waals surface area contributed by atoms with E-state index in [9.17, 15) is 28.8 Å². The van der Waals surface area contributed by atoms with Gasteiger partial charge in [0.25, 0.3) is 17.4 Å². The zero-order valence-corrected chi connectivity index (χ0v) is 37.6. The molecule has 4 amide bonds. The number of methoxy groups -OCH3 is 1. The van der Waals surface area contributed by atoms with Crippen LogP contribution in [0.2, 0.25) is 10.0 Å². The molecule has 2 atom stereocenters. The van der Waals surface area contributed by atoms with Crippen LogP contribution in [0.4, 0.5) is 5.69 Å². The summed E-state index contributed by atoms with van der Waals surface area (Å²) in [7, 11) is 4.69. The number of aromatic nitrogens is 6. The molecule has 9 rings (SSSR count). The molecule has 2 aromatic carbocycles. The van der Waals surface area contributed by atoms with Crippen molar-refractivity contribution in [2.24, 2.45) is 20.0 Å². The van der Waals surface area contributed by atoms with E-state index in [-0.39, 0.29) is 64.6 Å². The number of aryl methyl sites for hydroxylation is 2. The number of carbonyl (C=O) groups is 4. The third-order valence-electron chi connectivity index (χ3n) is 12.3. The van der Waals surface area contributed by atoms with Crippen molar-refractivity contribution in [3.05, 3.63) is 126 Å². The summed E-state index contributed by atoms with van der Waals surface area (Å²) in [6, 6.07) is 13.8. The normalized spacial score (nSPS) is 17.7. The molecule has 18 heteroatoms. The van der Waals surface area contributed by atoms with Gasteiger partial charge in [0.1, 0.15) is 23.6 Å². The summed E-state index contributed by atoms with van der Waals surface area (Å²) < 4.78 is 11.9. The summed E-state index contributed by atoms with van der Waals surface area (Å²) in [6.45, 7) is 4.82. The zero-order valence-electron chi connectivity index (χ0n) is 36.1. The van der Waals surface area contributed by atoms with E-state index in [0.717, 1.165) is 0 Å². The molecule has 1 N–H and O–H groups in total. The highest BCUT2D eigenvalue weighted by Crippen LogP contribution is 2.45. The third kappa shape index (κ3) is 7.57. The van der Waals surface area contributed by atoms with Gasteiger partial charge in [-0.25, -0.2) is 14.8 Å². The number of nitrogens with zero attached hydrogens (tertiary/aromatic N) is 8. The quantitative estimate of drug-likeness (QED) is 0.153. The minimum atomic E-state index is -0.790. The highest BCUT2D eigenvalue weighted by molar-refractivity contribution is 6.31. The molecule has 0 aliphatic carbocycles. The van der Waals surface area contributed by atoms with E-state index in [1.165, 1.54) is 44.2 Å². The van der Waals surface area contributed by atoms with Crippen molar-refractivity contribution in [2.45, 2.75) is 57.7 Å². The van der Waals surface area contributed by atoms with Crippen LogP contribution in [-0.4, -0.2) is 77.0 Å². The van der Waals surface area contributed by atoms with E-state index in [1.807, 2.05) is 30.5 Å². The SMILES string of the molecule is COc1ncc(C(=O)N2CCC(C#Cc3ccc4c(c3)n(C)c(=O)n4C3CCC(=O)NC3=O)CC2)cc1-c1nc2c(n1C(C)C)[C@H](c1ccc(Cl)cc1)N(c1cc(Cl)cn(C)c1=O)C2=O. The first-order valence-corrected chi connectivity index (χ1v) is 21.9. The number of carbonyl (C=O) groups excluding carboxylic acids is 4. The number of likely N-dealkylation sites (tertiary alicyclic amines) is 1. The molecule has 2 fully saturated rings. The molecule has 4 aromatic heterocycles. The van der Waals surface area contributed by atoms with Gasteiger partial charge < -0.3 is 18.8 Å². The lowest BCUT2D eigenvalue weighted by atomic mass is 9.96. The Morgan fingerprint density at radius 3 is 2.35 bits per heavy atom. The third-order valence-corrected chi connectivity index (χ3v) is 12.8. The van der Waals surface area contributed by atoms with Gasteiger partial charge in [-0.2, -0.15) is 0 Å². The summed E-state index contributed by atoms with van der Waals surface area (Å²) in [5.74, 6) is 5.63. The van der Waals surface area contributed by atoms with Crippen LogP contribution in [0, 0.1) is 17.8 Å². The Balaban J connectivity index is 0.978. The Kier molecular flexibility index (Phi) is 11.2. The van der Waals surface area contributed by atoms with Gasteiger partial charge in [-0.15, -0.1) is 0 Å². The number of anilines is 1. The molecule has 2 saturated heterocycles. The lowest BCUT2D eigenvalue weighted by molar-refractivity contribution is -0.135. The number of benzene rings is 2. The number of rotatable bonds is 7. The maximum Gasteiger partial charge on any atom is 0.329 e. The first-order chi connectivity index (χ1) is 31.1. The van der Waals surface area contributed by atoms with Gasteiger partial charge in [0, 0.05) is 68.5 Å². The Morgan fingerprint density at radius 1 is 0.923 bits per heavy atom. The van der Waals surface area contributed by atoms with Gasteiger partial charge in [0.15, 0.2) is 5.69 Å². The molecular weight excluding hydrogens is 873 g/mol. The number of hydrogen-bond acceptors (Lipinski definition) is 9. The number of imide groups is 1. The molecule has 6 aromatic rings. The number of nitrogens with one attached hydrogen (secondary N) is 1. The second kappa shape index (κ2) is 16.9. The van der Waals surface area contributed by atoms with Crippen LogP contribution in [0.3, 0.4) is 0 Å². The van der Waals surface area contributed by atoms with Gasteiger partial charge >= 0.3 is 5.69 Å². The monoisotopic (exact) mass is 915 g/mol. The number of imidazole rings is 2. The summed E-state index contributed by atoms with van der Waals surface area (Å²) in [5.41, 5.74) is 3.34. The fraction of sp³-hybridized carbons (Fsp3) is 0.319. The number of amides is 4. The maximum atomic E-state index is 14.6. The molecule has 3 aliphatic rings. The van der Waals surface area contributed by atoms with Crippen LogP contribution < -0.4 is 26.2 Å². The highest BCUT2D eigenvalue weighted by Gasteiger charge is 2.46. The topological polar surface area (TPSA) is 176 Å². The number of hydrogen-bond donors (Lipinski definition) is 1. The smallest absolute Gasteiger partial charge is 0.329 e.